The van der Waals surface area contributed by atoms with Crippen LogP contribution in [0.1, 0.15) is 30.0 Å². The molecule has 0 radical (unpaired) electrons. The van der Waals surface area contributed by atoms with E-state index in [1.807, 2.05) is 36.4 Å². The number of rotatable bonds is 2. The first-order valence-corrected chi connectivity index (χ1v) is 9.46. The molecular formula is C22H20N2O4. The number of carbonyl (C=O) groups is 1. The van der Waals surface area contributed by atoms with Gasteiger partial charge in [-0.15, -0.1) is 0 Å². The van der Waals surface area contributed by atoms with Gasteiger partial charge in [0.05, 0.1) is 12.1 Å². The average molecular weight is 376 g/mol. The number of ether oxygens (including phenoxy) is 1. The molecule has 0 fully saturated rings. The molecule has 5 rings (SSSR count). The molecule has 6 nitrogen and oxygen atoms in total. The molecule has 1 amide bonds. The van der Waals surface area contributed by atoms with E-state index in [0.717, 1.165) is 58.5 Å². The lowest BCUT2D eigenvalue weighted by atomic mass is 10.0. The lowest BCUT2D eigenvalue weighted by Gasteiger charge is -2.31. The summed E-state index contributed by atoms with van der Waals surface area (Å²) in [6.45, 7) is 2.49. The minimum Gasteiger partial charge on any atom is -0.473 e. The summed E-state index contributed by atoms with van der Waals surface area (Å²) in [7, 11) is 0. The molecule has 1 aliphatic carbocycles. The van der Waals surface area contributed by atoms with Gasteiger partial charge in [-0.25, -0.2) is 4.79 Å². The molecule has 3 aromatic rings. The van der Waals surface area contributed by atoms with E-state index in [1.165, 1.54) is 6.92 Å². The Bertz CT molecular complexity index is 1150. The van der Waals surface area contributed by atoms with Crippen molar-refractivity contribution in [1.82, 2.24) is 0 Å². The Kier molecular flexibility index (Phi) is 3.86. The molecule has 0 bridgehead atoms. The van der Waals surface area contributed by atoms with Crippen molar-refractivity contribution in [3.05, 3.63) is 63.5 Å². The summed E-state index contributed by atoms with van der Waals surface area (Å²) >= 11 is 0. The molecule has 1 N–H and O–H groups in total. The van der Waals surface area contributed by atoms with Crippen molar-refractivity contribution in [1.29, 1.82) is 0 Å². The summed E-state index contributed by atoms with van der Waals surface area (Å²) in [5.74, 6) is 0.664. The van der Waals surface area contributed by atoms with Crippen LogP contribution in [-0.2, 0) is 24.2 Å². The fourth-order valence-electron chi connectivity index (χ4n) is 4.18. The van der Waals surface area contributed by atoms with Crippen molar-refractivity contribution in [3.63, 3.8) is 0 Å². The van der Waals surface area contributed by atoms with Gasteiger partial charge in [0.1, 0.15) is 11.3 Å². The molecular weight excluding hydrogens is 356 g/mol. The SMILES string of the molecule is CC(=O)Nc1ccc(N2COc3ccc4c5c(c(=O)oc4c3C2)CCC5)cc1. The molecule has 6 heteroatoms. The van der Waals surface area contributed by atoms with Gasteiger partial charge in [-0.2, -0.15) is 0 Å². The van der Waals surface area contributed by atoms with Gasteiger partial charge in [-0.3, -0.25) is 4.79 Å². The molecule has 0 saturated carbocycles. The largest absolute Gasteiger partial charge is 0.473 e. The Hall–Kier alpha value is -3.28. The van der Waals surface area contributed by atoms with Crippen LogP contribution in [0, 0.1) is 0 Å². The first-order valence-electron chi connectivity index (χ1n) is 9.46. The van der Waals surface area contributed by atoms with E-state index in [-0.39, 0.29) is 11.5 Å². The number of nitrogens with zero attached hydrogens (tertiary/aromatic N) is 1. The summed E-state index contributed by atoms with van der Waals surface area (Å²) < 4.78 is 11.7. The van der Waals surface area contributed by atoms with Gasteiger partial charge >= 0.3 is 5.63 Å². The minimum atomic E-state index is -0.217. The van der Waals surface area contributed by atoms with Crippen LogP contribution in [0.2, 0.25) is 0 Å². The second-order valence-electron chi connectivity index (χ2n) is 7.32. The Morgan fingerprint density at radius 1 is 1.04 bits per heavy atom. The highest BCUT2D eigenvalue weighted by Crippen LogP contribution is 2.37. The molecule has 2 aromatic carbocycles. The number of hydrogen-bond acceptors (Lipinski definition) is 5. The van der Waals surface area contributed by atoms with Crippen molar-refractivity contribution in [3.8, 4) is 5.75 Å². The van der Waals surface area contributed by atoms with Crippen LogP contribution >= 0.6 is 0 Å². The first kappa shape index (κ1) is 16.9. The van der Waals surface area contributed by atoms with Crippen LogP contribution in [0.25, 0.3) is 11.0 Å². The van der Waals surface area contributed by atoms with Crippen LogP contribution < -0.4 is 20.6 Å². The van der Waals surface area contributed by atoms with Crippen molar-refractivity contribution in [2.75, 3.05) is 16.9 Å². The summed E-state index contributed by atoms with van der Waals surface area (Å²) in [5.41, 5.74) is 5.01. The summed E-state index contributed by atoms with van der Waals surface area (Å²) in [5, 5.41) is 3.79. The topological polar surface area (TPSA) is 71.8 Å². The Morgan fingerprint density at radius 2 is 1.82 bits per heavy atom. The van der Waals surface area contributed by atoms with Crippen LogP contribution in [0.3, 0.4) is 0 Å². The molecule has 142 valence electrons. The smallest absolute Gasteiger partial charge is 0.339 e. The minimum absolute atomic E-state index is 0.1000. The maximum atomic E-state index is 12.4. The Morgan fingerprint density at radius 3 is 2.61 bits per heavy atom. The molecule has 0 unspecified atom stereocenters. The number of hydrogen-bond donors (Lipinski definition) is 1. The monoisotopic (exact) mass is 376 g/mol. The lowest BCUT2D eigenvalue weighted by molar-refractivity contribution is -0.114. The van der Waals surface area contributed by atoms with E-state index >= 15 is 0 Å². The van der Waals surface area contributed by atoms with Gasteiger partial charge < -0.3 is 19.4 Å². The third kappa shape index (κ3) is 2.72. The normalized spacial score (nSPS) is 15.1. The molecule has 1 aliphatic heterocycles. The van der Waals surface area contributed by atoms with E-state index in [9.17, 15) is 9.59 Å². The summed E-state index contributed by atoms with van der Waals surface area (Å²) in [6, 6.07) is 11.6. The van der Waals surface area contributed by atoms with Crippen LogP contribution in [0.4, 0.5) is 11.4 Å². The van der Waals surface area contributed by atoms with Crippen molar-refractivity contribution < 1.29 is 13.9 Å². The highest BCUT2D eigenvalue weighted by Gasteiger charge is 2.26. The summed E-state index contributed by atoms with van der Waals surface area (Å²) in [6.07, 6.45) is 2.72. The van der Waals surface area contributed by atoms with Crippen molar-refractivity contribution in [2.45, 2.75) is 32.7 Å². The molecule has 0 atom stereocenters. The van der Waals surface area contributed by atoms with Gasteiger partial charge in [0.2, 0.25) is 5.91 Å². The van der Waals surface area contributed by atoms with Crippen molar-refractivity contribution in [2.24, 2.45) is 0 Å². The molecule has 0 saturated heterocycles. The lowest BCUT2D eigenvalue weighted by Crippen LogP contribution is -2.32. The number of fused-ring (bicyclic) bond motifs is 5. The zero-order valence-electron chi connectivity index (χ0n) is 15.6. The quantitative estimate of drug-likeness (QED) is 0.692. The van der Waals surface area contributed by atoms with Crippen LogP contribution in [0.5, 0.6) is 5.75 Å². The fraction of sp³-hybridized carbons (Fsp3) is 0.273. The Balaban J connectivity index is 1.53. The number of carbonyl (C=O) groups excluding carboxylic acids is 1. The van der Waals surface area contributed by atoms with Crippen LogP contribution in [-0.4, -0.2) is 12.6 Å². The average Bonchev–Trinajstić information content (AvgIpc) is 3.19. The first-order chi connectivity index (χ1) is 13.6. The molecule has 28 heavy (non-hydrogen) atoms. The van der Waals surface area contributed by atoms with Crippen LogP contribution in [0.15, 0.2) is 45.6 Å². The van der Waals surface area contributed by atoms with Gasteiger partial charge in [-0.1, -0.05) is 0 Å². The molecule has 2 aliphatic rings. The van der Waals surface area contributed by atoms with E-state index in [2.05, 4.69) is 10.2 Å². The molecule has 2 heterocycles. The number of amides is 1. The van der Waals surface area contributed by atoms with Gasteiger partial charge in [0.15, 0.2) is 6.73 Å². The second-order valence-corrected chi connectivity index (χ2v) is 7.32. The van der Waals surface area contributed by atoms with Gasteiger partial charge in [0, 0.05) is 29.2 Å². The maximum absolute atomic E-state index is 12.4. The van der Waals surface area contributed by atoms with E-state index in [0.29, 0.717) is 18.9 Å². The number of aryl methyl sites for hydroxylation is 1. The molecule has 1 aromatic heterocycles. The zero-order valence-corrected chi connectivity index (χ0v) is 15.6. The third-order valence-electron chi connectivity index (χ3n) is 5.48. The Labute approximate surface area is 161 Å². The van der Waals surface area contributed by atoms with E-state index < -0.39 is 0 Å². The van der Waals surface area contributed by atoms with E-state index in [1.54, 1.807) is 0 Å². The number of nitrogens with one attached hydrogen (secondary N) is 1. The number of benzene rings is 2. The van der Waals surface area contributed by atoms with Gasteiger partial charge in [-0.05, 0) is 61.2 Å². The number of anilines is 2. The second kappa shape index (κ2) is 6.41. The van der Waals surface area contributed by atoms with Gasteiger partial charge in [0.25, 0.3) is 0 Å². The highest BCUT2D eigenvalue weighted by molar-refractivity contribution is 5.89. The fourth-order valence-corrected chi connectivity index (χ4v) is 4.18. The predicted molar refractivity (Wildman–Crippen MR) is 107 cm³/mol. The molecule has 0 spiro atoms. The standard InChI is InChI=1S/C22H20N2O4/c1-13(25)23-14-5-7-15(8-6-14)24-11-19-20(27-12-24)10-9-17-16-3-2-4-18(16)22(26)28-21(17)19/h5-10H,2-4,11-12H2,1H3,(H,23,25). The predicted octanol–water partition coefficient (Wildman–Crippen LogP) is 3.60. The maximum Gasteiger partial charge on any atom is 0.339 e. The van der Waals surface area contributed by atoms with Crippen molar-refractivity contribution >= 4 is 28.3 Å². The van der Waals surface area contributed by atoms with E-state index in [4.69, 9.17) is 9.15 Å². The third-order valence-corrected chi connectivity index (χ3v) is 5.48. The summed E-state index contributed by atoms with van der Waals surface area (Å²) in [4.78, 5) is 25.7. The zero-order chi connectivity index (χ0) is 19.3. The highest BCUT2D eigenvalue weighted by atomic mass is 16.5.